The number of amides is 10. The normalized spacial score (nSPS) is 21.6. The zero-order chi connectivity index (χ0) is 73.9. The summed E-state index contributed by atoms with van der Waals surface area (Å²) in [5, 5.41) is 55.6. The molecular weight excluding hydrogens is 1350 g/mol. The van der Waals surface area contributed by atoms with Crippen LogP contribution >= 0.6 is 21.6 Å². The van der Waals surface area contributed by atoms with Crippen molar-refractivity contribution in [2.45, 2.75) is 162 Å². The van der Waals surface area contributed by atoms with Gasteiger partial charge in [0, 0.05) is 56.7 Å². The van der Waals surface area contributed by atoms with Gasteiger partial charge < -0.3 is 125 Å². The minimum atomic E-state index is -1.97. The second kappa shape index (κ2) is 42.4. The van der Waals surface area contributed by atoms with Crippen LogP contribution in [0.4, 0.5) is 0 Å². The van der Waals surface area contributed by atoms with Crippen LogP contribution in [-0.2, 0) is 70.4 Å². The van der Waals surface area contributed by atoms with Crippen molar-refractivity contribution in [2.75, 3.05) is 45.0 Å². The van der Waals surface area contributed by atoms with Gasteiger partial charge in [-0.3, -0.25) is 72.7 Å². The molecule has 32 N–H and O–H groups in total. The van der Waals surface area contributed by atoms with Crippen LogP contribution in [0.15, 0.2) is 56.8 Å². The molecule has 42 heteroatoms. The van der Waals surface area contributed by atoms with Crippen LogP contribution in [0.25, 0.3) is 0 Å². The van der Waals surface area contributed by atoms with Crippen molar-refractivity contribution < 1.29 is 72.9 Å². The second-order valence-corrected chi connectivity index (χ2v) is 26.2. The summed E-state index contributed by atoms with van der Waals surface area (Å²) in [4.78, 5) is 192. The maximum atomic E-state index is 15.0. The highest BCUT2D eigenvalue weighted by Gasteiger charge is 2.47. The fourth-order valence-electron chi connectivity index (χ4n) is 10.3. The number of hydrogen-bond acceptors (Lipinski definition) is 21. The van der Waals surface area contributed by atoms with Crippen molar-refractivity contribution >= 4 is 116 Å². The summed E-state index contributed by atoms with van der Waals surface area (Å²) in [7, 11) is 1.96. The van der Waals surface area contributed by atoms with Gasteiger partial charge in [-0.1, -0.05) is 53.0 Å². The molecule has 2 heterocycles. The monoisotopic (exact) mass is 1440 g/mol. The summed E-state index contributed by atoms with van der Waals surface area (Å²) >= 11 is 0. The molecule has 1 saturated carbocycles. The zero-order valence-corrected chi connectivity index (χ0v) is 56.5. The molecule has 2 fully saturated rings. The number of hydrogen-bond donors (Lipinski definition) is 23. The van der Waals surface area contributed by atoms with Crippen molar-refractivity contribution in [1.82, 2.24) is 63.1 Å². The Bertz CT molecular complexity index is 3230. The lowest BCUT2D eigenvalue weighted by molar-refractivity contribution is -0.142. The van der Waals surface area contributed by atoms with Crippen LogP contribution in [0.1, 0.15) is 101 Å². The van der Waals surface area contributed by atoms with Gasteiger partial charge in [0.2, 0.25) is 59.1 Å². The Morgan fingerprint density at radius 1 is 0.600 bits per heavy atom. The Morgan fingerprint density at radius 2 is 1.09 bits per heavy atom. The molecule has 1 saturated heterocycles. The van der Waals surface area contributed by atoms with Crippen LogP contribution in [0.2, 0.25) is 0 Å². The molecule has 1 aliphatic heterocycles. The number of carbonyl (C=O) groups excluding carboxylic acids is 10. The minimum absolute atomic E-state index is 0.0287. The number of carbonyl (C=O) groups is 12. The number of phenols is 1. The maximum absolute atomic E-state index is 15.0. The topological polar surface area (TPSA) is 698 Å². The minimum Gasteiger partial charge on any atom is -0.508 e. The summed E-state index contributed by atoms with van der Waals surface area (Å²) in [5.74, 6) is -15.1. The van der Waals surface area contributed by atoms with Crippen LogP contribution < -0.4 is 105 Å². The number of carboxylic acids is 2. The number of nitrogens with one attached hydrogen (secondary N) is 11. The zero-order valence-electron chi connectivity index (χ0n) is 54.9. The summed E-state index contributed by atoms with van der Waals surface area (Å²) in [6.45, 7) is -1.89. The molecule has 1 aromatic carbocycles. The fourth-order valence-corrected chi connectivity index (χ4v) is 13.8. The van der Waals surface area contributed by atoms with E-state index >= 15 is 0 Å². The average Bonchev–Trinajstić information content (AvgIpc) is 0.885. The van der Waals surface area contributed by atoms with Crippen molar-refractivity contribution in [1.29, 1.82) is 0 Å². The molecule has 2 aliphatic rings. The smallest absolute Gasteiger partial charge is 0.326 e. The van der Waals surface area contributed by atoms with Gasteiger partial charge in [0.15, 0.2) is 23.8 Å². The number of nitrogens with zero attached hydrogens (tertiary/aromatic N) is 5. The quantitative estimate of drug-likeness (QED) is 0.0171. The number of nitrogens with two attached hydrogens (primary N) is 9. The van der Waals surface area contributed by atoms with E-state index in [2.05, 4.69) is 83.1 Å². The van der Waals surface area contributed by atoms with E-state index in [-0.39, 0.29) is 126 Å². The van der Waals surface area contributed by atoms with Crippen LogP contribution in [0.3, 0.4) is 0 Å². The summed E-state index contributed by atoms with van der Waals surface area (Å²) < 4.78 is -1.32. The van der Waals surface area contributed by atoms with Crippen LogP contribution in [0.5, 0.6) is 5.75 Å². The first-order valence-corrected chi connectivity index (χ1v) is 34.2. The number of carboxylic acid groups (broad SMARTS) is 2. The number of aliphatic imine (C=N–C) groups is 4. The Kier molecular flexibility index (Phi) is 34.8. The number of aromatic nitrogens is 2. The molecule has 1 aromatic heterocycles. The summed E-state index contributed by atoms with van der Waals surface area (Å²) in [6, 6.07) is -9.20. The van der Waals surface area contributed by atoms with Gasteiger partial charge in [-0.05, 0) is 81.9 Å². The van der Waals surface area contributed by atoms with Crippen LogP contribution in [-0.4, -0.2) is 224 Å². The highest BCUT2D eigenvalue weighted by Crippen LogP contribution is 2.48. The predicted octanol–water partition coefficient (Wildman–Crippen LogP) is -7.79. The van der Waals surface area contributed by atoms with Gasteiger partial charge in [-0.15, -0.1) is 0 Å². The third-order valence-electron chi connectivity index (χ3n) is 15.4. The van der Waals surface area contributed by atoms with E-state index in [9.17, 15) is 72.9 Å². The van der Waals surface area contributed by atoms with Gasteiger partial charge in [0.25, 0.3) is 0 Å². The van der Waals surface area contributed by atoms with Gasteiger partial charge >= 0.3 is 11.9 Å². The van der Waals surface area contributed by atoms with Crippen molar-refractivity contribution in [3.8, 4) is 5.75 Å². The predicted molar refractivity (Wildman–Crippen MR) is 369 cm³/mol. The van der Waals surface area contributed by atoms with E-state index in [0.717, 1.165) is 21.6 Å². The molecule has 9 atom stereocenters. The van der Waals surface area contributed by atoms with E-state index < -0.39 is 162 Å². The van der Waals surface area contributed by atoms with Gasteiger partial charge in [-0.2, -0.15) is 0 Å². The second-order valence-electron chi connectivity index (χ2n) is 23.4. The van der Waals surface area contributed by atoms with E-state index in [1.54, 1.807) is 0 Å². The van der Waals surface area contributed by atoms with E-state index in [4.69, 9.17) is 51.6 Å². The molecule has 4 rings (SSSR count). The number of H-pyrrole nitrogens is 1. The van der Waals surface area contributed by atoms with Gasteiger partial charge in [0.1, 0.15) is 54.1 Å². The molecule has 0 radical (unpaired) electrons. The molecule has 1 unspecified atom stereocenters. The first-order valence-electron chi connectivity index (χ1n) is 31.9. The molecule has 40 nitrogen and oxygen atoms in total. The van der Waals surface area contributed by atoms with Crippen LogP contribution in [0, 0.1) is 0 Å². The van der Waals surface area contributed by atoms with Crippen molar-refractivity contribution in [2.24, 2.45) is 71.6 Å². The van der Waals surface area contributed by atoms with Gasteiger partial charge in [0.05, 0.1) is 36.6 Å². The molecular formula is C58H93N25O15S2. The van der Waals surface area contributed by atoms with E-state index in [1.807, 2.05) is 0 Å². The number of imidazole rings is 1. The number of benzene rings is 1. The SMILES string of the molecule is NC(N)=NCCC[C@H](NC(=O)[C@@H]1CSSC2(CCCCC2)C(NC(=O)[C@@H](N)CCCN=C(N)N)C(=O)NCC(=O)N[C@@H](Cc2cnc[nH]2)C(=O)N[C@@H](CCCN=C(N)N)C(=O)NCC(=O)N[C@@H](CC(=O)O)C(=O)N[C@@H](Cc2ccc(O)cc2)C(=O)N[C@@H](CCCN=C(N)N)C(=O)N1)C(=O)O. The Hall–Kier alpha value is -10.4. The number of rotatable bonds is 27. The lowest BCUT2D eigenvalue weighted by atomic mass is 9.82. The Labute approximate surface area is 582 Å². The summed E-state index contributed by atoms with van der Waals surface area (Å²) in [6.07, 6.45) is 2.46. The molecule has 2 aromatic rings. The number of aromatic amines is 1. The largest absolute Gasteiger partial charge is 0.508 e. The molecule has 10 amide bonds. The Balaban J connectivity index is 1.94. The van der Waals surface area contributed by atoms with Crippen molar-refractivity contribution in [3.05, 3.63) is 48.0 Å². The number of guanidine groups is 4. The molecule has 100 heavy (non-hydrogen) atoms. The summed E-state index contributed by atoms with van der Waals surface area (Å²) in [5.41, 5.74) is 51.2. The van der Waals surface area contributed by atoms with Crippen molar-refractivity contribution in [3.63, 3.8) is 0 Å². The van der Waals surface area contributed by atoms with E-state index in [1.165, 1.54) is 36.8 Å². The van der Waals surface area contributed by atoms with E-state index in [0.29, 0.717) is 30.5 Å². The lowest BCUT2D eigenvalue weighted by Crippen LogP contribution is -2.62. The molecule has 0 bridgehead atoms. The van der Waals surface area contributed by atoms with Gasteiger partial charge in [-0.25, -0.2) is 9.78 Å². The first-order chi connectivity index (χ1) is 47.4. The third kappa shape index (κ3) is 30.2. The highest BCUT2D eigenvalue weighted by atomic mass is 33.1. The molecule has 552 valence electrons. The third-order valence-corrected chi connectivity index (χ3v) is 18.7. The number of aliphatic carboxylic acids is 2. The fraction of sp³-hybridized carbons (Fsp3) is 0.569. The maximum Gasteiger partial charge on any atom is 0.326 e. The standard InChI is InChI=1S/C58H93N25O15S2/c59-33(8-4-18-69-54(60)61)45(89)83-44-52(96)74-27-42(86)76-38(23-31-25-68-29-75-31)49(93)78-34(9-5-19-70-55(62)63)46(90)73-26-41(85)77-39(24-43(87)88)50(94)81-37(22-30-12-14-32(84)15-13-30)48(92)79-35(10-6-20-71-56(64)65)47(91)82-40(28-99-100-58(44)16-2-1-3-17-58)51(95)80-36(53(97)98)11-7-21-72-57(66)67/h12-15,25,29,33-40,44,84H,1-11,16-24,26-28,59H2,(H,68,75)(H,73,90)(H,74,96)(H,76,86)(H,77,85)(H,78,93)(H,79,92)(H,80,95)(H,81,94)(H,82,91)(H,83,89)(H,87,88)(H,97,98)(H4,60,61,69)(H4,62,63,70)(H4,64,65,71)(H4,66,67,72)/t33-,34-,35-,36-,37-,38-,39-,40-,44?/m0/s1. The molecule has 1 spiro atoms. The Morgan fingerprint density at radius 3 is 1.62 bits per heavy atom. The lowest BCUT2D eigenvalue weighted by Gasteiger charge is -2.42. The molecule has 1 aliphatic carbocycles. The number of phenolic OH excluding ortho intramolecular Hbond substituents is 1. The number of aromatic hydroxyl groups is 1. The first kappa shape index (κ1) is 82.0. The highest BCUT2D eigenvalue weighted by molar-refractivity contribution is 8.77. The average molecular weight is 1440 g/mol.